The van der Waals surface area contributed by atoms with E-state index >= 15 is 0 Å². The van der Waals surface area contributed by atoms with Crippen molar-refractivity contribution in [1.29, 1.82) is 0 Å². The number of benzene rings is 3. The predicted molar refractivity (Wildman–Crippen MR) is 139 cm³/mol. The molecular weight excluding hydrogens is 566 g/mol. The van der Waals surface area contributed by atoms with E-state index < -0.39 is 0 Å². The van der Waals surface area contributed by atoms with Gasteiger partial charge in [0.05, 0.1) is 36.7 Å². The number of carbonyl (C=O) groups excluding carboxylic acids is 1. The molecule has 0 aliphatic rings. The molecule has 0 spiro atoms. The third kappa shape index (κ3) is 6.67. The van der Waals surface area contributed by atoms with E-state index in [-0.39, 0.29) is 12.3 Å². The van der Waals surface area contributed by atoms with Gasteiger partial charge in [-0.3, -0.25) is 4.79 Å². The molecule has 3 aromatic carbocycles. The Morgan fingerprint density at radius 2 is 1.59 bits per heavy atom. The highest BCUT2D eigenvalue weighted by atomic mass is 79.9. The van der Waals surface area contributed by atoms with Gasteiger partial charge in [-0.25, -0.2) is 0 Å². The summed E-state index contributed by atoms with van der Waals surface area (Å²) in [7, 11) is 4.79. The summed E-state index contributed by atoms with van der Waals surface area (Å²) in [6.07, 6.45) is 0.863. The van der Waals surface area contributed by atoms with Crippen LogP contribution < -0.4 is 24.3 Å². The fraction of sp³-hybridized carbons (Fsp3) is 0.269. The number of nitrogens with one attached hydrogen (secondary N) is 1. The molecule has 0 aromatic heterocycles. The molecule has 0 saturated heterocycles. The van der Waals surface area contributed by atoms with E-state index in [4.69, 9.17) is 18.9 Å². The Morgan fingerprint density at radius 1 is 0.853 bits per heavy atom. The second-order valence-corrected chi connectivity index (χ2v) is 9.08. The lowest BCUT2D eigenvalue weighted by atomic mass is 10.1. The van der Waals surface area contributed by atoms with Crippen LogP contribution in [0.5, 0.6) is 23.0 Å². The van der Waals surface area contributed by atoms with Gasteiger partial charge in [0.15, 0.2) is 23.0 Å². The van der Waals surface area contributed by atoms with Gasteiger partial charge in [-0.2, -0.15) is 0 Å². The summed E-state index contributed by atoms with van der Waals surface area (Å²) < 4.78 is 23.7. The molecule has 0 heterocycles. The Hall–Kier alpha value is -2.71. The molecule has 34 heavy (non-hydrogen) atoms. The molecule has 0 unspecified atom stereocenters. The molecule has 1 N–H and O–H groups in total. The van der Waals surface area contributed by atoms with E-state index in [2.05, 4.69) is 37.2 Å². The maximum atomic E-state index is 12.6. The largest absolute Gasteiger partial charge is 0.493 e. The molecular formula is C26H27Br2NO5. The van der Waals surface area contributed by atoms with Crippen LogP contribution in [-0.2, 0) is 24.2 Å². The van der Waals surface area contributed by atoms with Crippen LogP contribution in [0.25, 0.3) is 0 Å². The Bertz CT molecular complexity index is 1120. The van der Waals surface area contributed by atoms with Gasteiger partial charge in [0, 0.05) is 6.54 Å². The number of amides is 1. The second-order valence-electron chi connectivity index (χ2n) is 7.43. The minimum atomic E-state index is -0.0839. The second kappa shape index (κ2) is 12.7. The number of halogens is 2. The first-order valence-corrected chi connectivity index (χ1v) is 12.2. The van der Waals surface area contributed by atoms with Crippen LogP contribution in [0.2, 0.25) is 0 Å². The van der Waals surface area contributed by atoms with Crippen molar-refractivity contribution in [2.75, 3.05) is 27.9 Å². The summed E-state index contributed by atoms with van der Waals surface area (Å²) in [5, 5.41) is 2.98. The van der Waals surface area contributed by atoms with Crippen molar-refractivity contribution in [3.8, 4) is 23.0 Å². The highest BCUT2D eigenvalue weighted by molar-refractivity contribution is 9.11. The van der Waals surface area contributed by atoms with Gasteiger partial charge in [0.1, 0.15) is 6.61 Å². The van der Waals surface area contributed by atoms with E-state index in [1.807, 2.05) is 54.6 Å². The molecule has 8 heteroatoms. The van der Waals surface area contributed by atoms with Crippen molar-refractivity contribution in [3.05, 3.63) is 80.2 Å². The van der Waals surface area contributed by atoms with Gasteiger partial charge in [-0.15, -0.1) is 0 Å². The number of ether oxygens (including phenoxy) is 4. The van der Waals surface area contributed by atoms with Crippen molar-refractivity contribution < 1.29 is 23.7 Å². The van der Waals surface area contributed by atoms with E-state index in [1.165, 1.54) is 0 Å². The summed E-state index contributed by atoms with van der Waals surface area (Å²) >= 11 is 7.10. The first-order chi connectivity index (χ1) is 16.5. The van der Waals surface area contributed by atoms with Crippen molar-refractivity contribution in [2.45, 2.75) is 19.4 Å². The molecule has 0 atom stereocenters. The van der Waals surface area contributed by atoms with Gasteiger partial charge in [0.2, 0.25) is 5.91 Å². The smallest absolute Gasteiger partial charge is 0.224 e. The SMILES string of the molecule is COc1cc(CCNC(=O)Cc2ccc(OC)c(OCc3ccccc3)c2Br)cc(Br)c1OC. The molecule has 0 bridgehead atoms. The third-order valence-electron chi connectivity index (χ3n) is 5.17. The van der Waals surface area contributed by atoms with E-state index in [9.17, 15) is 4.79 Å². The lowest BCUT2D eigenvalue weighted by molar-refractivity contribution is -0.120. The van der Waals surface area contributed by atoms with Gasteiger partial charge in [-0.05, 0) is 73.2 Å². The zero-order chi connectivity index (χ0) is 24.5. The van der Waals surface area contributed by atoms with Crippen LogP contribution in [0.3, 0.4) is 0 Å². The summed E-state index contributed by atoms with van der Waals surface area (Å²) in [5.74, 6) is 2.38. The van der Waals surface area contributed by atoms with Crippen molar-refractivity contribution in [3.63, 3.8) is 0 Å². The van der Waals surface area contributed by atoms with Crippen LogP contribution >= 0.6 is 31.9 Å². The molecule has 6 nitrogen and oxygen atoms in total. The number of carbonyl (C=O) groups is 1. The van der Waals surface area contributed by atoms with Gasteiger partial charge >= 0.3 is 0 Å². The van der Waals surface area contributed by atoms with Gasteiger partial charge < -0.3 is 24.3 Å². The topological polar surface area (TPSA) is 66.0 Å². The molecule has 0 fully saturated rings. The molecule has 0 aliphatic carbocycles. The predicted octanol–water partition coefficient (Wildman–Crippen LogP) is 5.72. The monoisotopic (exact) mass is 591 g/mol. The molecule has 3 aromatic rings. The minimum Gasteiger partial charge on any atom is -0.493 e. The van der Waals surface area contributed by atoms with Crippen LogP contribution in [0.15, 0.2) is 63.5 Å². The highest BCUT2D eigenvalue weighted by Gasteiger charge is 2.16. The quantitative estimate of drug-likeness (QED) is 0.309. The Morgan fingerprint density at radius 3 is 2.26 bits per heavy atom. The minimum absolute atomic E-state index is 0.0839. The summed E-state index contributed by atoms with van der Waals surface area (Å²) in [6.45, 7) is 0.887. The fourth-order valence-corrected chi connectivity index (χ4v) is 4.67. The first kappa shape index (κ1) is 25.9. The average molecular weight is 593 g/mol. The lowest BCUT2D eigenvalue weighted by Crippen LogP contribution is -2.27. The molecule has 0 radical (unpaired) electrons. The number of hydrogen-bond acceptors (Lipinski definition) is 5. The molecule has 1 amide bonds. The molecule has 0 saturated carbocycles. The van der Waals surface area contributed by atoms with Crippen LogP contribution in [0.4, 0.5) is 0 Å². The van der Waals surface area contributed by atoms with Crippen LogP contribution in [0, 0.1) is 0 Å². The summed E-state index contributed by atoms with van der Waals surface area (Å²) in [5.41, 5.74) is 2.88. The Labute approximate surface area is 216 Å². The fourth-order valence-electron chi connectivity index (χ4n) is 3.44. The normalized spacial score (nSPS) is 10.5. The zero-order valence-electron chi connectivity index (χ0n) is 19.3. The van der Waals surface area contributed by atoms with E-state index in [1.54, 1.807) is 21.3 Å². The summed E-state index contributed by atoms with van der Waals surface area (Å²) in [4.78, 5) is 12.6. The Balaban J connectivity index is 1.62. The van der Waals surface area contributed by atoms with E-state index in [0.29, 0.717) is 47.0 Å². The molecule has 180 valence electrons. The zero-order valence-corrected chi connectivity index (χ0v) is 22.5. The highest BCUT2D eigenvalue weighted by Crippen LogP contribution is 2.39. The standard InChI is InChI=1S/C26H27Br2NO5/c1-31-21-10-9-19(24(28)26(21)34-16-17-7-5-4-6-8-17)15-23(30)29-12-11-18-13-20(27)25(33-3)22(14-18)32-2/h4-10,13-14H,11-12,15-16H2,1-3H3,(H,29,30). The van der Waals surface area contributed by atoms with Crippen molar-refractivity contribution >= 4 is 37.8 Å². The van der Waals surface area contributed by atoms with Crippen molar-refractivity contribution in [2.24, 2.45) is 0 Å². The number of rotatable bonds is 11. The average Bonchev–Trinajstić information content (AvgIpc) is 2.84. The number of hydrogen-bond donors (Lipinski definition) is 1. The maximum Gasteiger partial charge on any atom is 0.224 e. The lowest BCUT2D eigenvalue weighted by Gasteiger charge is -2.16. The summed E-state index contributed by atoms with van der Waals surface area (Å²) in [6, 6.07) is 17.4. The van der Waals surface area contributed by atoms with Gasteiger partial charge in [-0.1, -0.05) is 36.4 Å². The van der Waals surface area contributed by atoms with Crippen molar-refractivity contribution in [1.82, 2.24) is 5.32 Å². The van der Waals surface area contributed by atoms with Crippen LogP contribution in [-0.4, -0.2) is 33.8 Å². The van der Waals surface area contributed by atoms with Crippen LogP contribution in [0.1, 0.15) is 16.7 Å². The Kier molecular flexibility index (Phi) is 9.65. The number of methoxy groups -OCH3 is 3. The maximum absolute atomic E-state index is 12.6. The van der Waals surface area contributed by atoms with E-state index in [0.717, 1.165) is 21.2 Å². The van der Waals surface area contributed by atoms with Gasteiger partial charge in [0.25, 0.3) is 0 Å². The first-order valence-electron chi connectivity index (χ1n) is 10.7. The molecule has 3 rings (SSSR count). The molecule has 0 aliphatic heterocycles. The third-order valence-corrected chi connectivity index (χ3v) is 6.63.